The molecule has 2 aliphatic rings. The molecule has 0 bridgehead atoms. The second-order valence-corrected chi connectivity index (χ2v) is 9.97. The van der Waals surface area contributed by atoms with Crippen LogP contribution in [-0.2, 0) is 29.3 Å². The van der Waals surface area contributed by atoms with E-state index in [0.29, 0.717) is 12.8 Å². The number of hydrogen-bond donors (Lipinski definition) is 2. The molecule has 0 aromatic heterocycles. The first-order chi connectivity index (χ1) is 9.65. The van der Waals surface area contributed by atoms with Crippen LogP contribution in [0, 0.1) is 0 Å². The van der Waals surface area contributed by atoms with Crippen molar-refractivity contribution in [3.05, 3.63) is 0 Å². The average molecular weight is 338 g/mol. The summed E-state index contributed by atoms with van der Waals surface area (Å²) < 4.78 is 45.0. The number of rotatable bonds is 4. The highest BCUT2D eigenvalue weighted by atomic mass is 32.2. The zero-order valence-corrected chi connectivity index (χ0v) is 13.0. The third-order valence-corrected chi connectivity index (χ3v) is 7.05. The second kappa shape index (κ2) is 5.91. The number of carbonyl (C=O) groups is 2. The van der Waals surface area contributed by atoms with E-state index in [9.17, 15) is 26.4 Å². The minimum atomic E-state index is -3.08. The Morgan fingerprint density at radius 1 is 0.810 bits per heavy atom. The van der Waals surface area contributed by atoms with E-state index in [1.807, 2.05) is 0 Å². The minimum absolute atomic E-state index is 0.0457. The Labute approximate surface area is 123 Å². The van der Waals surface area contributed by atoms with Crippen LogP contribution < -0.4 is 10.6 Å². The van der Waals surface area contributed by atoms with Crippen LogP contribution in [0.2, 0.25) is 0 Å². The first-order valence-corrected chi connectivity index (χ1v) is 10.3. The third-order valence-electron chi connectivity index (χ3n) is 3.52. The van der Waals surface area contributed by atoms with E-state index in [2.05, 4.69) is 10.6 Å². The molecule has 2 heterocycles. The Hall–Kier alpha value is -1.16. The Morgan fingerprint density at radius 2 is 1.19 bits per heavy atom. The van der Waals surface area contributed by atoms with Gasteiger partial charge in [0.25, 0.3) is 0 Å². The molecule has 2 unspecified atom stereocenters. The van der Waals surface area contributed by atoms with Crippen molar-refractivity contribution in [1.29, 1.82) is 0 Å². The average Bonchev–Trinajstić information content (AvgIpc) is 2.81. The molecule has 2 aliphatic heterocycles. The van der Waals surface area contributed by atoms with E-state index in [0.717, 1.165) is 0 Å². The van der Waals surface area contributed by atoms with Gasteiger partial charge in [0.2, 0.25) is 11.8 Å². The van der Waals surface area contributed by atoms with Gasteiger partial charge in [0.15, 0.2) is 19.7 Å². The quantitative estimate of drug-likeness (QED) is 0.570. The fourth-order valence-corrected chi connectivity index (χ4v) is 5.87. The van der Waals surface area contributed by atoms with E-state index >= 15 is 0 Å². The van der Waals surface area contributed by atoms with Crippen LogP contribution in [0.15, 0.2) is 0 Å². The van der Waals surface area contributed by atoms with Crippen molar-refractivity contribution in [3.8, 4) is 0 Å². The van der Waals surface area contributed by atoms with Gasteiger partial charge in [-0.2, -0.15) is 0 Å². The highest BCUT2D eigenvalue weighted by Crippen LogP contribution is 2.12. The van der Waals surface area contributed by atoms with E-state index in [4.69, 9.17) is 0 Å². The molecule has 10 heteroatoms. The lowest BCUT2D eigenvalue weighted by Gasteiger charge is -2.13. The zero-order valence-electron chi connectivity index (χ0n) is 11.4. The maximum absolute atomic E-state index is 11.6. The van der Waals surface area contributed by atoms with Crippen LogP contribution in [0.5, 0.6) is 0 Å². The first kappa shape index (κ1) is 16.2. The Balaban J connectivity index is 1.74. The number of carbonyl (C=O) groups excluding carboxylic acids is 2. The third kappa shape index (κ3) is 4.95. The summed E-state index contributed by atoms with van der Waals surface area (Å²) in [4.78, 5) is 23.3. The Bertz CT molecular complexity index is 584. The number of sulfone groups is 2. The molecule has 21 heavy (non-hydrogen) atoms. The van der Waals surface area contributed by atoms with Crippen LogP contribution in [0.3, 0.4) is 0 Å². The smallest absolute Gasteiger partial charge is 0.229 e. The van der Waals surface area contributed by atoms with Crippen molar-refractivity contribution in [2.75, 3.05) is 23.0 Å². The first-order valence-electron chi connectivity index (χ1n) is 6.65. The van der Waals surface area contributed by atoms with E-state index < -0.39 is 50.0 Å². The lowest BCUT2D eigenvalue weighted by molar-refractivity contribution is -0.129. The van der Waals surface area contributed by atoms with Gasteiger partial charge in [0, 0.05) is 12.1 Å². The molecule has 0 aliphatic carbocycles. The molecule has 0 radical (unpaired) electrons. The van der Waals surface area contributed by atoms with Gasteiger partial charge in [-0.1, -0.05) is 0 Å². The SMILES string of the molecule is O=C(CC(=O)NC1CCS(=O)(=O)C1)NC1CCS(=O)(=O)C1. The van der Waals surface area contributed by atoms with Gasteiger partial charge in [0.1, 0.15) is 6.42 Å². The molecule has 2 N–H and O–H groups in total. The predicted octanol–water partition coefficient (Wildman–Crippen LogP) is -2.02. The highest BCUT2D eigenvalue weighted by Gasteiger charge is 2.31. The molecule has 0 aromatic carbocycles. The molecule has 0 saturated carbocycles. The van der Waals surface area contributed by atoms with E-state index in [1.165, 1.54) is 0 Å². The highest BCUT2D eigenvalue weighted by molar-refractivity contribution is 7.91. The normalized spacial score (nSPS) is 29.9. The summed E-state index contributed by atoms with van der Waals surface area (Å²) in [5, 5.41) is 5.02. The van der Waals surface area contributed by atoms with Crippen LogP contribution in [0.4, 0.5) is 0 Å². The number of amides is 2. The van der Waals surface area contributed by atoms with Crippen LogP contribution in [-0.4, -0.2) is 63.7 Å². The van der Waals surface area contributed by atoms with Gasteiger partial charge in [-0.15, -0.1) is 0 Å². The molecule has 0 aromatic rings. The molecular formula is C11H18N2O6S2. The summed E-state index contributed by atoms with van der Waals surface area (Å²) in [7, 11) is -6.17. The second-order valence-electron chi connectivity index (χ2n) is 5.51. The molecule has 8 nitrogen and oxygen atoms in total. The predicted molar refractivity (Wildman–Crippen MR) is 75.0 cm³/mol. The molecule has 2 fully saturated rings. The lowest BCUT2D eigenvalue weighted by atomic mass is 10.2. The fraction of sp³-hybridized carbons (Fsp3) is 0.818. The minimum Gasteiger partial charge on any atom is -0.352 e. The van der Waals surface area contributed by atoms with Crippen LogP contribution in [0.1, 0.15) is 19.3 Å². The molecular weight excluding hydrogens is 320 g/mol. The fourth-order valence-electron chi connectivity index (χ4n) is 2.52. The van der Waals surface area contributed by atoms with Gasteiger partial charge in [-0.3, -0.25) is 9.59 Å². The molecule has 2 saturated heterocycles. The molecule has 0 spiro atoms. The maximum atomic E-state index is 11.6. The number of hydrogen-bond acceptors (Lipinski definition) is 6. The summed E-state index contributed by atoms with van der Waals surface area (Å²) >= 11 is 0. The summed E-state index contributed by atoms with van der Waals surface area (Å²) in [6.45, 7) is 0. The maximum Gasteiger partial charge on any atom is 0.229 e. The monoisotopic (exact) mass is 338 g/mol. The van der Waals surface area contributed by atoms with Crippen molar-refractivity contribution in [2.24, 2.45) is 0 Å². The largest absolute Gasteiger partial charge is 0.352 e. The standard InChI is InChI=1S/C11H18N2O6S2/c14-10(12-8-1-3-20(16,17)6-8)5-11(15)13-9-2-4-21(18,19)7-9/h8-9H,1-7H2,(H,12,14)(H,13,15). The van der Waals surface area contributed by atoms with Gasteiger partial charge >= 0.3 is 0 Å². The van der Waals surface area contributed by atoms with Crippen molar-refractivity contribution in [3.63, 3.8) is 0 Å². The molecule has 2 rings (SSSR count). The van der Waals surface area contributed by atoms with Gasteiger partial charge < -0.3 is 10.6 Å². The topological polar surface area (TPSA) is 126 Å². The summed E-state index contributed by atoms with van der Waals surface area (Å²) in [6, 6.07) is -0.885. The zero-order chi connectivity index (χ0) is 15.7. The van der Waals surface area contributed by atoms with Crippen molar-refractivity contribution in [2.45, 2.75) is 31.3 Å². The Morgan fingerprint density at radius 3 is 1.48 bits per heavy atom. The van der Waals surface area contributed by atoms with Gasteiger partial charge in [-0.05, 0) is 12.8 Å². The lowest BCUT2D eigenvalue weighted by Crippen LogP contribution is -2.41. The number of nitrogens with one attached hydrogen (secondary N) is 2. The van der Waals surface area contributed by atoms with Crippen molar-refractivity contribution in [1.82, 2.24) is 10.6 Å². The van der Waals surface area contributed by atoms with E-state index in [-0.39, 0.29) is 23.0 Å². The summed E-state index contributed by atoms with van der Waals surface area (Å²) in [5.41, 5.74) is 0. The van der Waals surface area contributed by atoms with Crippen molar-refractivity contribution >= 4 is 31.5 Å². The summed E-state index contributed by atoms with van der Waals surface area (Å²) in [6.07, 6.45) is 0.292. The Kier molecular flexibility index (Phi) is 4.57. The molecule has 2 amide bonds. The summed E-state index contributed by atoms with van der Waals surface area (Å²) in [5.74, 6) is -1.19. The van der Waals surface area contributed by atoms with Crippen LogP contribution >= 0.6 is 0 Å². The van der Waals surface area contributed by atoms with Gasteiger partial charge in [0.05, 0.1) is 23.0 Å². The molecule has 120 valence electrons. The molecule has 2 atom stereocenters. The van der Waals surface area contributed by atoms with Crippen LogP contribution in [0.25, 0.3) is 0 Å². The van der Waals surface area contributed by atoms with E-state index in [1.54, 1.807) is 0 Å². The van der Waals surface area contributed by atoms with Crippen molar-refractivity contribution < 1.29 is 26.4 Å². The van der Waals surface area contributed by atoms with Gasteiger partial charge in [-0.25, -0.2) is 16.8 Å².